The zero-order valence-electron chi connectivity index (χ0n) is 18.2. The van der Waals surface area contributed by atoms with E-state index >= 15 is 0 Å². The number of thiazole rings is 1. The van der Waals surface area contributed by atoms with Crippen molar-refractivity contribution in [2.45, 2.75) is 13.0 Å². The van der Waals surface area contributed by atoms with Crippen LogP contribution < -0.4 is 14.9 Å². The molecule has 1 N–H and O–H groups in total. The fourth-order valence-corrected chi connectivity index (χ4v) is 5.75. The maximum atomic E-state index is 13.6. The molecule has 1 aliphatic rings. The Morgan fingerprint density at radius 3 is 2.68 bits per heavy atom. The number of esters is 1. The van der Waals surface area contributed by atoms with Crippen molar-refractivity contribution < 1.29 is 14.6 Å². The van der Waals surface area contributed by atoms with Crippen LogP contribution in [-0.4, -0.2) is 22.2 Å². The van der Waals surface area contributed by atoms with Crippen LogP contribution in [0, 0.1) is 0 Å². The number of nitrogens with zero attached hydrogens (tertiary/aromatic N) is 2. The first-order valence-corrected chi connectivity index (χ1v) is 12.4. The molecule has 170 valence electrons. The molecule has 0 saturated carbocycles. The van der Waals surface area contributed by atoms with Gasteiger partial charge in [0.15, 0.2) is 4.80 Å². The average molecular weight is 489 g/mol. The smallest absolute Gasteiger partial charge is 0.338 e. The van der Waals surface area contributed by atoms with E-state index in [4.69, 9.17) is 9.73 Å². The Morgan fingerprint density at radius 1 is 1.15 bits per heavy atom. The highest BCUT2D eigenvalue weighted by Gasteiger charge is 2.35. The lowest BCUT2D eigenvalue weighted by Gasteiger charge is -2.24. The number of phenols is 1. The first-order valence-electron chi connectivity index (χ1n) is 10.7. The molecule has 0 amide bonds. The summed E-state index contributed by atoms with van der Waals surface area (Å²) in [5.74, 6) is -0.375. The summed E-state index contributed by atoms with van der Waals surface area (Å²) < 4.78 is 7.47. The Morgan fingerprint density at radius 2 is 1.97 bits per heavy atom. The zero-order valence-corrected chi connectivity index (χ0v) is 19.8. The normalized spacial score (nSPS) is 15.7. The molecular weight excluding hydrogens is 468 g/mol. The lowest BCUT2D eigenvalue weighted by atomic mass is 9.97. The molecule has 0 aliphatic carbocycles. The van der Waals surface area contributed by atoms with Crippen LogP contribution in [0.3, 0.4) is 0 Å². The van der Waals surface area contributed by atoms with E-state index in [9.17, 15) is 14.7 Å². The van der Waals surface area contributed by atoms with Crippen molar-refractivity contribution in [1.82, 2.24) is 4.57 Å². The molecule has 6 nitrogen and oxygen atoms in total. The van der Waals surface area contributed by atoms with Crippen molar-refractivity contribution in [2.75, 3.05) is 6.61 Å². The number of benzene rings is 2. The van der Waals surface area contributed by atoms with Gasteiger partial charge in [-0.15, -0.1) is 11.3 Å². The Hall–Kier alpha value is -3.75. The molecule has 0 radical (unpaired) electrons. The Labute approximate surface area is 203 Å². The number of carbonyl (C=O) groups excluding carboxylic acids is 1. The third-order valence-corrected chi connectivity index (χ3v) is 7.26. The van der Waals surface area contributed by atoms with Crippen LogP contribution in [0.5, 0.6) is 5.75 Å². The second kappa shape index (κ2) is 9.24. The maximum absolute atomic E-state index is 13.6. The van der Waals surface area contributed by atoms with Gasteiger partial charge in [-0.3, -0.25) is 9.36 Å². The molecule has 3 heterocycles. The van der Waals surface area contributed by atoms with Crippen molar-refractivity contribution in [3.63, 3.8) is 0 Å². The molecule has 1 atom stereocenters. The molecule has 4 aromatic rings. The highest BCUT2D eigenvalue weighted by Crippen LogP contribution is 2.36. The van der Waals surface area contributed by atoms with E-state index in [0.717, 1.165) is 10.4 Å². The number of thiophene rings is 1. The minimum Gasteiger partial charge on any atom is -0.508 e. The standard InChI is InChI=1S/C26H20N2O4S2/c1-2-32-25(31)21-22(17-9-4-3-5-10-17)27-26-28(23(21)19-12-7-13-33-19)24(30)20(34-26)15-16-8-6-11-18(29)14-16/h3-15,23,29H,2H2,1H3/b20-15+/t23-/m0/s1. The molecule has 1 aliphatic heterocycles. The van der Waals surface area contributed by atoms with E-state index in [1.54, 1.807) is 35.8 Å². The molecule has 5 rings (SSSR count). The van der Waals surface area contributed by atoms with E-state index in [1.807, 2.05) is 53.9 Å². The third kappa shape index (κ3) is 4.02. The fourth-order valence-electron chi connectivity index (χ4n) is 3.92. The van der Waals surface area contributed by atoms with E-state index in [0.29, 0.717) is 26.2 Å². The number of phenolic OH excluding ortho intramolecular Hbond substituents is 1. The quantitative estimate of drug-likeness (QED) is 0.435. The number of aromatic hydroxyl groups is 1. The zero-order chi connectivity index (χ0) is 23.7. The van der Waals surface area contributed by atoms with Crippen LogP contribution in [0.15, 0.2) is 87.5 Å². The van der Waals surface area contributed by atoms with E-state index in [-0.39, 0.29) is 17.9 Å². The molecular formula is C26H20N2O4S2. The van der Waals surface area contributed by atoms with Crippen molar-refractivity contribution >= 4 is 40.4 Å². The number of carbonyl (C=O) groups is 1. The Kier molecular flexibility index (Phi) is 6.00. The molecule has 0 unspecified atom stereocenters. The number of ether oxygens (including phenoxy) is 1. The largest absolute Gasteiger partial charge is 0.508 e. The number of hydrogen-bond donors (Lipinski definition) is 1. The summed E-state index contributed by atoms with van der Waals surface area (Å²) in [5, 5.41) is 11.7. The number of rotatable bonds is 5. The minimum absolute atomic E-state index is 0.119. The summed E-state index contributed by atoms with van der Waals surface area (Å²) in [7, 11) is 0. The Balaban J connectivity index is 1.82. The van der Waals surface area contributed by atoms with Gasteiger partial charge in [0.2, 0.25) is 0 Å². The van der Waals surface area contributed by atoms with Gasteiger partial charge in [0.05, 0.1) is 22.4 Å². The number of aromatic nitrogens is 1. The van der Waals surface area contributed by atoms with Crippen molar-refractivity contribution in [3.05, 3.63) is 113 Å². The molecule has 0 fully saturated rings. The van der Waals surface area contributed by atoms with Crippen molar-refractivity contribution in [1.29, 1.82) is 0 Å². The summed E-state index contributed by atoms with van der Waals surface area (Å²) in [6.45, 7) is 1.97. The van der Waals surface area contributed by atoms with Crippen molar-refractivity contribution in [3.8, 4) is 5.75 Å². The SMILES string of the molecule is CCOC(=O)C1=C(c2ccccc2)N=c2s/c(=C/c3cccc(O)c3)c(=O)n2[C@H]1c1cccs1. The molecule has 0 saturated heterocycles. The summed E-state index contributed by atoms with van der Waals surface area (Å²) in [5.41, 5.74) is 2.07. The van der Waals surface area contributed by atoms with E-state index in [1.165, 1.54) is 22.7 Å². The molecule has 0 spiro atoms. The summed E-state index contributed by atoms with van der Waals surface area (Å²) in [6, 6.07) is 19.3. The van der Waals surface area contributed by atoms with Gasteiger partial charge in [0.25, 0.3) is 5.56 Å². The summed E-state index contributed by atoms with van der Waals surface area (Å²) >= 11 is 2.73. The van der Waals surface area contributed by atoms with Gasteiger partial charge in [0.1, 0.15) is 11.8 Å². The van der Waals surface area contributed by atoms with Gasteiger partial charge in [0, 0.05) is 10.4 Å². The summed E-state index contributed by atoms with van der Waals surface area (Å²) in [6.07, 6.45) is 1.73. The number of hydrogen-bond acceptors (Lipinski definition) is 7. The fraction of sp³-hybridized carbons (Fsp3) is 0.115. The van der Waals surface area contributed by atoms with Crippen LogP contribution in [0.25, 0.3) is 11.8 Å². The van der Waals surface area contributed by atoms with E-state index in [2.05, 4.69) is 0 Å². The predicted molar refractivity (Wildman–Crippen MR) is 133 cm³/mol. The molecule has 2 aromatic heterocycles. The first-order chi connectivity index (χ1) is 16.6. The monoisotopic (exact) mass is 488 g/mol. The summed E-state index contributed by atoms with van der Waals surface area (Å²) in [4.78, 5) is 33.0. The Bertz CT molecular complexity index is 1560. The molecule has 34 heavy (non-hydrogen) atoms. The second-order valence-electron chi connectivity index (χ2n) is 7.54. The maximum Gasteiger partial charge on any atom is 0.338 e. The van der Waals surface area contributed by atoms with Gasteiger partial charge in [-0.05, 0) is 42.1 Å². The first kappa shape index (κ1) is 22.1. The highest BCUT2D eigenvalue weighted by molar-refractivity contribution is 7.10. The van der Waals surface area contributed by atoms with Gasteiger partial charge < -0.3 is 9.84 Å². The van der Waals surface area contributed by atoms with Crippen molar-refractivity contribution in [2.24, 2.45) is 4.99 Å². The molecule has 8 heteroatoms. The lowest BCUT2D eigenvalue weighted by molar-refractivity contribution is -0.138. The van der Waals surface area contributed by atoms with Crippen LogP contribution in [0.2, 0.25) is 0 Å². The highest BCUT2D eigenvalue weighted by atomic mass is 32.1. The van der Waals surface area contributed by atoms with Crippen LogP contribution in [-0.2, 0) is 9.53 Å². The van der Waals surface area contributed by atoms with Crippen LogP contribution >= 0.6 is 22.7 Å². The van der Waals surface area contributed by atoms with Crippen LogP contribution in [0.1, 0.15) is 29.0 Å². The van der Waals surface area contributed by atoms with Crippen LogP contribution in [0.4, 0.5) is 0 Å². The lowest BCUT2D eigenvalue weighted by Crippen LogP contribution is -2.39. The number of fused-ring (bicyclic) bond motifs is 1. The van der Waals surface area contributed by atoms with E-state index < -0.39 is 12.0 Å². The predicted octanol–water partition coefficient (Wildman–Crippen LogP) is 3.70. The molecule has 0 bridgehead atoms. The topological polar surface area (TPSA) is 80.9 Å². The second-order valence-corrected chi connectivity index (χ2v) is 9.53. The molecule has 2 aromatic carbocycles. The van der Waals surface area contributed by atoms with Gasteiger partial charge in [-0.2, -0.15) is 0 Å². The van der Waals surface area contributed by atoms with Gasteiger partial charge in [-0.1, -0.05) is 59.9 Å². The minimum atomic E-state index is -0.656. The van der Waals surface area contributed by atoms with Gasteiger partial charge in [-0.25, -0.2) is 9.79 Å². The average Bonchev–Trinajstić information content (AvgIpc) is 3.47. The van der Waals surface area contributed by atoms with Gasteiger partial charge >= 0.3 is 5.97 Å². The third-order valence-electron chi connectivity index (χ3n) is 5.35.